The first-order valence-corrected chi connectivity index (χ1v) is 13.6. The van der Waals surface area contributed by atoms with E-state index in [-0.39, 0.29) is 12.1 Å². The van der Waals surface area contributed by atoms with Gasteiger partial charge in [0, 0.05) is 19.6 Å². The summed E-state index contributed by atoms with van der Waals surface area (Å²) in [5.74, 6) is -0.0967. The number of hydrogen-bond acceptors (Lipinski definition) is 4. The molecule has 1 unspecified atom stereocenters. The molecule has 0 fully saturated rings. The number of carbonyl (C=O) groups is 1. The molecule has 4 heteroatoms. The van der Waals surface area contributed by atoms with Crippen LogP contribution in [0.25, 0.3) is 0 Å². The zero-order valence-corrected chi connectivity index (χ0v) is 21.3. The molecule has 31 heavy (non-hydrogen) atoms. The summed E-state index contributed by atoms with van der Waals surface area (Å²) in [6, 6.07) is 0. The van der Waals surface area contributed by atoms with Crippen LogP contribution in [-0.4, -0.2) is 38.5 Å². The number of carbonyl (C=O) groups excluding carboxylic acids is 1. The van der Waals surface area contributed by atoms with E-state index < -0.39 is 0 Å². The van der Waals surface area contributed by atoms with Crippen LogP contribution < -0.4 is 0 Å². The zero-order valence-electron chi connectivity index (χ0n) is 21.3. The lowest BCUT2D eigenvalue weighted by atomic mass is 10.1. The fraction of sp³-hybridized carbons (Fsp3) is 0.963. The molecular formula is C27H54O4. The van der Waals surface area contributed by atoms with Crippen molar-refractivity contribution in [3.63, 3.8) is 0 Å². The van der Waals surface area contributed by atoms with Crippen molar-refractivity contribution in [1.82, 2.24) is 0 Å². The molecule has 0 aromatic heterocycles. The van der Waals surface area contributed by atoms with E-state index in [0.29, 0.717) is 19.6 Å². The Morgan fingerprint density at radius 3 is 1.65 bits per heavy atom. The number of ether oxygens (including phenoxy) is 3. The maximum absolute atomic E-state index is 12.0. The maximum Gasteiger partial charge on any atom is 0.305 e. The van der Waals surface area contributed by atoms with Crippen LogP contribution in [-0.2, 0) is 19.0 Å². The highest BCUT2D eigenvalue weighted by atomic mass is 16.6. The van der Waals surface area contributed by atoms with Crippen molar-refractivity contribution in [3.05, 3.63) is 0 Å². The molecule has 0 heterocycles. The van der Waals surface area contributed by atoms with Crippen molar-refractivity contribution in [3.8, 4) is 0 Å². The number of rotatable bonds is 25. The van der Waals surface area contributed by atoms with Gasteiger partial charge in [-0.1, -0.05) is 111 Å². The first-order chi connectivity index (χ1) is 15.2. The minimum absolute atomic E-state index is 0.0967. The third kappa shape index (κ3) is 23.9. The lowest BCUT2D eigenvalue weighted by Crippen LogP contribution is -2.28. The molecule has 0 saturated carbocycles. The molecule has 0 amide bonds. The standard InChI is InChI=1S/C27H54O4/c1-4-7-10-13-16-19-22-29-24-26(30-23-20-17-14-11-8-5-2)25-31-27(28)21-18-15-12-9-6-3/h26H,4-25H2,1-3H3. The summed E-state index contributed by atoms with van der Waals surface area (Å²) in [7, 11) is 0. The van der Waals surface area contributed by atoms with Crippen LogP contribution in [0.3, 0.4) is 0 Å². The van der Waals surface area contributed by atoms with Gasteiger partial charge in [0.1, 0.15) is 12.7 Å². The van der Waals surface area contributed by atoms with E-state index in [4.69, 9.17) is 14.2 Å². The van der Waals surface area contributed by atoms with Crippen LogP contribution >= 0.6 is 0 Å². The van der Waals surface area contributed by atoms with Crippen LogP contribution in [0.5, 0.6) is 0 Å². The fourth-order valence-electron chi connectivity index (χ4n) is 3.61. The lowest BCUT2D eigenvalue weighted by Gasteiger charge is -2.18. The van der Waals surface area contributed by atoms with Gasteiger partial charge in [0.2, 0.25) is 0 Å². The molecule has 0 aliphatic heterocycles. The highest BCUT2D eigenvalue weighted by Gasteiger charge is 2.13. The second-order valence-corrected chi connectivity index (χ2v) is 8.95. The summed E-state index contributed by atoms with van der Waals surface area (Å²) in [5.41, 5.74) is 0. The van der Waals surface area contributed by atoms with Gasteiger partial charge in [-0.2, -0.15) is 0 Å². The minimum Gasteiger partial charge on any atom is -0.463 e. The quantitative estimate of drug-likeness (QED) is 0.106. The summed E-state index contributed by atoms with van der Waals surface area (Å²) in [6.07, 6.45) is 21.2. The largest absolute Gasteiger partial charge is 0.463 e. The van der Waals surface area contributed by atoms with Crippen molar-refractivity contribution in [2.45, 2.75) is 142 Å². The van der Waals surface area contributed by atoms with Crippen molar-refractivity contribution >= 4 is 5.97 Å². The van der Waals surface area contributed by atoms with Gasteiger partial charge in [0.15, 0.2) is 0 Å². The fourth-order valence-corrected chi connectivity index (χ4v) is 3.61. The Labute approximate surface area is 194 Å². The molecular weight excluding hydrogens is 388 g/mol. The van der Waals surface area contributed by atoms with Crippen LogP contribution in [0.4, 0.5) is 0 Å². The Morgan fingerprint density at radius 2 is 1.06 bits per heavy atom. The molecule has 0 saturated heterocycles. The third-order valence-electron chi connectivity index (χ3n) is 5.71. The summed E-state index contributed by atoms with van der Waals surface area (Å²) in [4.78, 5) is 12.0. The Kier molecular flexibility index (Phi) is 25.1. The van der Waals surface area contributed by atoms with E-state index in [0.717, 1.165) is 38.9 Å². The summed E-state index contributed by atoms with van der Waals surface area (Å²) in [6.45, 7) is 9.03. The first kappa shape index (κ1) is 30.4. The molecule has 0 aliphatic rings. The molecule has 0 rings (SSSR count). The second kappa shape index (κ2) is 25.6. The Hall–Kier alpha value is -0.610. The van der Waals surface area contributed by atoms with Gasteiger partial charge >= 0.3 is 5.97 Å². The molecule has 1 atom stereocenters. The third-order valence-corrected chi connectivity index (χ3v) is 5.71. The predicted octanol–water partition coefficient (Wildman–Crippen LogP) is 8.01. The molecule has 0 bridgehead atoms. The van der Waals surface area contributed by atoms with Gasteiger partial charge in [-0.15, -0.1) is 0 Å². The van der Waals surface area contributed by atoms with Crippen molar-refractivity contribution < 1.29 is 19.0 Å². The average molecular weight is 443 g/mol. The molecule has 0 aliphatic carbocycles. The van der Waals surface area contributed by atoms with Gasteiger partial charge < -0.3 is 14.2 Å². The predicted molar refractivity (Wildman–Crippen MR) is 132 cm³/mol. The average Bonchev–Trinajstić information content (AvgIpc) is 2.77. The molecule has 0 radical (unpaired) electrons. The number of esters is 1. The Morgan fingerprint density at radius 1 is 0.581 bits per heavy atom. The van der Waals surface area contributed by atoms with E-state index in [9.17, 15) is 4.79 Å². The Bertz CT molecular complexity index is 359. The topological polar surface area (TPSA) is 44.8 Å². The van der Waals surface area contributed by atoms with E-state index in [1.165, 1.54) is 83.5 Å². The van der Waals surface area contributed by atoms with E-state index in [1.807, 2.05) is 0 Å². The molecule has 186 valence electrons. The summed E-state index contributed by atoms with van der Waals surface area (Å²) in [5, 5.41) is 0. The van der Waals surface area contributed by atoms with Gasteiger partial charge in [0.05, 0.1) is 6.61 Å². The van der Waals surface area contributed by atoms with Crippen LogP contribution in [0.15, 0.2) is 0 Å². The van der Waals surface area contributed by atoms with Crippen molar-refractivity contribution in [2.24, 2.45) is 0 Å². The van der Waals surface area contributed by atoms with Crippen molar-refractivity contribution in [2.75, 3.05) is 26.4 Å². The monoisotopic (exact) mass is 442 g/mol. The van der Waals surface area contributed by atoms with Gasteiger partial charge in [-0.25, -0.2) is 0 Å². The Balaban J connectivity index is 3.99. The van der Waals surface area contributed by atoms with Crippen LogP contribution in [0, 0.1) is 0 Å². The molecule has 4 nitrogen and oxygen atoms in total. The molecule has 0 aromatic rings. The summed E-state index contributed by atoms with van der Waals surface area (Å²) < 4.78 is 17.4. The number of hydrogen-bond donors (Lipinski definition) is 0. The van der Waals surface area contributed by atoms with Crippen LogP contribution in [0.2, 0.25) is 0 Å². The van der Waals surface area contributed by atoms with E-state index in [1.54, 1.807) is 0 Å². The zero-order chi connectivity index (χ0) is 22.8. The second-order valence-electron chi connectivity index (χ2n) is 8.95. The minimum atomic E-state index is -0.139. The highest BCUT2D eigenvalue weighted by molar-refractivity contribution is 5.69. The smallest absolute Gasteiger partial charge is 0.305 e. The SMILES string of the molecule is CCCCCCCCOCC(COC(=O)CCCCCCC)OCCCCCCCC. The first-order valence-electron chi connectivity index (χ1n) is 13.6. The highest BCUT2D eigenvalue weighted by Crippen LogP contribution is 2.09. The van der Waals surface area contributed by atoms with E-state index in [2.05, 4.69) is 20.8 Å². The van der Waals surface area contributed by atoms with Gasteiger partial charge in [-0.05, 0) is 19.3 Å². The van der Waals surface area contributed by atoms with Crippen molar-refractivity contribution in [1.29, 1.82) is 0 Å². The normalized spacial score (nSPS) is 12.2. The summed E-state index contributed by atoms with van der Waals surface area (Å²) >= 11 is 0. The molecule has 0 aromatic carbocycles. The van der Waals surface area contributed by atoms with Gasteiger partial charge in [0.25, 0.3) is 0 Å². The molecule has 0 spiro atoms. The van der Waals surface area contributed by atoms with E-state index >= 15 is 0 Å². The lowest BCUT2D eigenvalue weighted by molar-refractivity contribution is -0.150. The number of unbranched alkanes of at least 4 members (excludes halogenated alkanes) is 14. The van der Waals surface area contributed by atoms with Gasteiger partial charge in [-0.3, -0.25) is 4.79 Å². The molecule has 0 N–H and O–H groups in total. The van der Waals surface area contributed by atoms with Crippen LogP contribution in [0.1, 0.15) is 136 Å². The maximum atomic E-state index is 12.0.